The Bertz CT molecular complexity index is 156. The summed E-state index contributed by atoms with van der Waals surface area (Å²) in [5.74, 6) is 0. The van der Waals surface area contributed by atoms with Crippen molar-refractivity contribution in [1.29, 1.82) is 0 Å². The van der Waals surface area contributed by atoms with Crippen molar-refractivity contribution in [2.45, 2.75) is 19.4 Å². The molecular formula is C10H24N4. The van der Waals surface area contributed by atoms with Gasteiger partial charge in [-0.25, -0.2) is 0 Å². The van der Waals surface area contributed by atoms with E-state index in [0.717, 1.165) is 45.8 Å². The molecule has 0 amide bonds. The maximum Gasteiger partial charge on any atom is 0.0226 e. The monoisotopic (exact) mass is 200 g/mol. The molecule has 0 aromatic carbocycles. The van der Waals surface area contributed by atoms with Gasteiger partial charge in [0.15, 0.2) is 0 Å². The number of hydrogen-bond donors (Lipinski definition) is 2. The van der Waals surface area contributed by atoms with Gasteiger partial charge in [-0.15, -0.1) is 0 Å². The molecule has 0 aromatic heterocycles. The van der Waals surface area contributed by atoms with Crippen LogP contribution in [0.1, 0.15) is 13.8 Å². The maximum atomic E-state index is 5.98. The average molecular weight is 200 g/mol. The Hall–Kier alpha value is -0.160. The first kappa shape index (κ1) is 11.9. The van der Waals surface area contributed by atoms with Crippen LogP contribution in [0, 0.1) is 0 Å². The van der Waals surface area contributed by atoms with Crippen molar-refractivity contribution in [3.63, 3.8) is 0 Å². The van der Waals surface area contributed by atoms with Crippen LogP contribution in [0.2, 0.25) is 0 Å². The van der Waals surface area contributed by atoms with Crippen LogP contribution in [0.25, 0.3) is 0 Å². The van der Waals surface area contributed by atoms with E-state index in [0.29, 0.717) is 0 Å². The predicted octanol–water partition coefficient (Wildman–Crippen LogP) is -0.700. The van der Waals surface area contributed by atoms with Crippen molar-refractivity contribution >= 4 is 0 Å². The van der Waals surface area contributed by atoms with Gasteiger partial charge in [0.2, 0.25) is 0 Å². The fourth-order valence-corrected chi connectivity index (χ4v) is 1.93. The number of hydrogen-bond acceptors (Lipinski definition) is 4. The van der Waals surface area contributed by atoms with Crippen molar-refractivity contribution in [3.05, 3.63) is 0 Å². The minimum absolute atomic E-state index is 0.0734. The van der Waals surface area contributed by atoms with Gasteiger partial charge in [-0.05, 0) is 13.8 Å². The van der Waals surface area contributed by atoms with E-state index in [2.05, 4.69) is 23.6 Å². The molecule has 4 heteroatoms. The molecule has 0 atom stereocenters. The minimum atomic E-state index is -0.0734. The Morgan fingerprint density at radius 1 is 1.07 bits per heavy atom. The van der Waals surface area contributed by atoms with Crippen LogP contribution in [-0.4, -0.2) is 61.2 Å². The summed E-state index contributed by atoms with van der Waals surface area (Å²) in [5, 5.41) is 0. The van der Waals surface area contributed by atoms with Crippen molar-refractivity contribution in [2.24, 2.45) is 11.5 Å². The molecule has 0 aromatic rings. The lowest BCUT2D eigenvalue weighted by Crippen LogP contribution is -2.53. The topological polar surface area (TPSA) is 58.5 Å². The minimum Gasteiger partial charge on any atom is -0.329 e. The summed E-state index contributed by atoms with van der Waals surface area (Å²) >= 11 is 0. The normalized spacial score (nSPS) is 21.4. The molecule has 4 nitrogen and oxygen atoms in total. The molecule has 0 radical (unpaired) electrons. The van der Waals surface area contributed by atoms with Gasteiger partial charge < -0.3 is 11.5 Å². The molecule has 1 aliphatic rings. The lowest BCUT2D eigenvalue weighted by atomic mass is 10.1. The maximum absolute atomic E-state index is 5.98. The summed E-state index contributed by atoms with van der Waals surface area (Å²) in [7, 11) is 0. The third kappa shape index (κ3) is 4.37. The first-order valence-electron chi connectivity index (χ1n) is 5.45. The third-order valence-electron chi connectivity index (χ3n) is 2.54. The molecule has 1 rings (SSSR count). The summed E-state index contributed by atoms with van der Waals surface area (Å²) in [6, 6.07) is 0. The molecule has 0 bridgehead atoms. The summed E-state index contributed by atoms with van der Waals surface area (Å²) in [6.45, 7) is 11.5. The van der Waals surface area contributed by atoms with Gasteiger partial charge in [-0.3, -0.25) is 9.80 Å². The van der Waals surface area contributed by atoms with Crippen LogP contribution in [0.5, 0.6) is 0 Å². The first-order chi connectivity index (χ1) is 6.51. The number of rotatable bonds is 4. The van der Waals surface area contributed by atoms with Crippen molar-refractivity contribution in [2.75, 3.05) is 45.8 Å². The molecule has 1 aliphatic heterocycles. The van der Waals surface area contributed by atoms with E-state index in [1.807, 2.05) is 0 Å². The van der Waals surface area contributed by atoms with Crippen molar-refractivity contribution in [1.82, 2.24) is 9.80 Å². The Balaban J connectivity index is 2.22. The van der Waals surface area contributed by atoms with Gasteiger partial charge in [-0.2, -0.15) is 0 Å². The van der Waals surface area contributed by atoms with Crippen LogP contribution < -0.4 is 11.5 Å². The van der Waals surface area contributed by atoms with Crippen LogP contribution >= 0.6 is 0 Å². The molecule has 0 unspecified atom stereocenters. The Labute approximate surface area is 87.2 Å². The van der Waals surface area contributed by atoms with Crippen molar-refractivity contribution < 1.29 is 0 Å². The highest BCUT2D eigenvalue weighted by molar-refractivity contribution is 4.80. The molecule has 0 aliphatic carbocycles. The van der Waals surface area contributed by atoms with Crippen LogP contribution in [0.4, 0.5) is 0 Å². The largest absolute Gasteiger partial charge is 0.329 e. The highest BCUT2D eigenvalue weighted by atomic mass is 15.3. The lowest BCUT2D eigenvalue weighted by molar-refractivity contribution is 0.118. The van der Waals surface area contributed by atoms with E-state index in [9.17, 15) is 0 Å². The van der Waals surface area contributed by atoms with E-state index >= 15 is 0 Å². The Kier molecular flexibility index (Phi) is 4.31. The standard InChI is InChI=1S/C10H24N4/c1-10(2,12)9-14-7-5-13(4-3-11)6-8-14/h3-9,11-12H2,1-2H3. The van der Waals surface area contributed by atoms with Gasteiger partial charge in [-0.1, -0.05) is 0 Å². The zero-order valence-corrected chi connectivity index (χ0v) is 9.50. The molecule has 1 heterocycles. The molecule has 1 saturated heterocycles. The zero-order chi connectivity index (χ0) is 10.6. The van der Waals surface area contributed by atoms with E-state index in [-0.39, 0.29) is 5.54 Å². The number of nitrogens with two attached hydrogens (primary N) is 2. The van der Waals surface area contributed by atoms with Gasteiger partial charge in [0.05, 0.1) is 0 Å². The molecule has 0 spiro atoms. The zero-order valence-electron chi connectivity index (χ0n) is 9.50. The predicted molar refractivity (Wildman–Crippen MR) is 60.2 cm³/mol. The molecule has 1 fully saturated rings. The fraction of sp³-hybridized carbons (Fsp3) is 1.00. The second-order valence-corrected chi connectivity index (χ2v) is 4.90. The van der Waals surface area contributed by atoms with Crippen LogP contribution in [0.15, 0.2) is 0 Å². The average Bonchev–Trinajstić information content (AvgIpc) is 2.06. The van der Waals surface area contributed by atoms with E-state index in [1.165, 1.54) is 0 Å². The highest BCUT2D eigenvalue weighted by Crippen LogP contribution is 2.06. The SMILES string of the molecule is CC(C)(N)CN1CCN(CCN)CC1. The summed E-state index contributed by atoms with van der Waals surface area (Å²) in [4.78, 5) is 4.85. The Morgan fingerprint density at radius 2 is 1.57 bits per heavy atom. The quantitative estimate of drug-likeness (QED) is 0.630. The smallest absolute Gasteiger partial charge is 0.0226 e. The van der Waals surface area contributed by atoms with E-state index in [4.69, 9.17) is 11.5 Å². The van der Waals surface area contributed by atoms with Gasteiger partial charge in [0, 0.05) is 51.4 Å². The molecule has 84 valence electrons. The lowest BCUT2D eigenvalue weighted by Gasteiger charge is -2.37. The second kappa shape index (κ2) is 5.07. The summed E-state index contributed by atoms with van der Waals surface area (Å²) < 4.78 is 0. The molecule has 14 heavy (non-hydrogen) atoms. The molecular weight excluding hydrogens is 176 g/mol. The van der Waals surface area contributed by atoms with Crippen LogP contribution in [0.3, 0.4) is 0 Å². The van der Waals surface area contributed by atoms with E-state index in [1.54, 1.807) is 0 Å². The van der Waals surface area contributed by atoms with Gasteiger partial charge in [0.1, 0.15) is 0 Å². The number of nitrogens with zero attached hydrogens (tertiary/aromatic N) is 2. The highest BCUT2D eigenvalue weighted by Gasteiger charge is 2.21. The molecule has 4 N–H and O–H groups in total. The fourth-order valence-electron chi connectivity index (χ4n) is 1.93. The Morgan fingerprint density at radius 3 is 2.00 bits per heavy atom. The van der Waals surface area contributed by atoms with Gasteiger partial charge >= 0.3 is 0 Å². The summed E-state index contributed by atoms with van der Waals surface area (Å²) in [6.07, 6.45) is 0. The van der Waals surface area contributed by atoms with Gasteiger partial charge in [0.25, 0.3) is 0 Å². The van der Waals surface area contributed by atoms with Crippen molar-refractivity contribution in [3.8, 4) is 0 Å². The summed E-state index contributed by atoms with van der Waals surface area (Å²) in [5.41, 5.74) is 11.4. The molecule has 0 saturated carbocycles. The van der Waals surface area contributed by atoms with E-state index < -0.39 is 0 Å². The third-order valence-corrected chi connectivity index (χ3v) is 2.54. The second-order valence-electron chi connectivity index (χ2n) is 4.90. The number of piperazine rings is 1. The van der Waals surface area contributed by atoms with Crippen LogP contribution in [-0.2, 0) is 0 Å². The first-order valence-corrected chi connectivity index (χ1v) is 5.45.